The average molecular weight is 375 g/mol. The van der Waals surface area contributed by atoms with E-state index >= 15 is 0 Å². The minimum absolute atomic E-state index is 0.00745. The first-order valence-electron chi connectivity index (χ1n) is 10.2. The lowest BCUT2D eigenvalue weighted by molar-refractivity contribution is 0.0788. The van der Waals surface area contributed by atoms with Gasteiger partial charge in [-0.05, 0) is 45.1 Å². The standard InChI is InChI=1S/C23H25N3O2/c1-15-16(2)26-14-19(23(27)25-12-6-7-13-25)18-10-11-20(17-8-4-3-5-9-17)28-21(18)22(26)24-15/h3-5,8-9,14,20H,6-7,10-13H2,1-2H3/t20-/m0/s1. The van der Waals surface area contributed by atoms with Crippen molar-refractivity contribution in [1.29, 1.82) is 0 Å². The predicted molar refractivity (Wildman–Crippen MR) is 108 cm³/mol. The number of likely N-dealkylation sites (tertiary alicyclic amines) is 1. The molecule has 2 aliphatic heterocycles. The molecule has 1 fully saturated rings. The molecule has 5 heteroatoms. The van der Waals surface area contributed by atoms with Gasteiger partial charge < -0.3 is 14.0 Å². The van der Waals surface area contributed by atoms with Crippen molar-refractivity contribution < 1.29 is 9.53 Å². The second kappa shape index (κ2) is 6.66. The van der Waals surface area contributed by atoms with Gasteiger partial charge in [0, 0.05) is 30.5 Å². The first-order chi connectivity index (χ1) is 13.6. The number of amides is 1. The number of carbonyl (C=O) groups is 1. The number of hydrogen-bond acceptors (Lipinski definition) is 3. The van der Waals surface area contributed by atoms with Gasteiger partial charge in [0.15, 0.2) is 11.4 Å². The van der Waals surface area contributed by atoms with Gasteiger partial charge in [-0.3, -0.25) is 4.79 Å². The highest BCUT2D eigenvalue weighted by molar-refractivity contribution is 5.97. The van der Waals surface area contributed by atoms with E-state index in [0.29, 0.717) is 0 Å². The van der Waals surface area contributed by atoms with E-state index in [4.69, 9.17) is 9.72 Å². The summed E-state index contributed by atoms with van der Waals surface area (Å²) in [6.45, 7) is 5.75. The third-order valence-electron chi connectivity index (χ3n) is 6.16. The molecule has 1 amide bonds. The van der Waals surface area contributed by atoms with Crippen molar-refractivity contribution in [2.75, 3.05) is 13.1 Å². The second-order valence-electron chi connectivity index (χ2n) is 7.88. The number of aromatic nitrogens is 2. The summed E-state index contributed by atoms with van der Waals surface area (Å²) in [4.78, 5) is 20.0. The molecule has 3 aromatic rings. The van der Waals surface area contributed by atoms with Gasteiger partial charge >= 0.3 is 0 Å². The smallest absolute Gasteiger partial charge is 0.255 e. The van der Waals surface area contributed by atoms with Gasteiger partial charge in [0.05, 0.1) is 11.3 Å². The number of nitrogens with zero attached hydrogens (tertiary/aromatic N) is 3. The number of hydrogen-bond donors (Lipinski definition) is 0. The number of rotatable bonds is 2. The van der Waals surface area contributed by atoms with Gasteiger partial charge in [-0.1, -0.05) is 30.3 Å². The predicted octanol–water partition coefficient (Wildman–Crippen LogP) is 4.25. The minimum atomic E-state index is -0.00745. The summed E-state index contributed by atoms with van der Waals surface area (Å²) in [5.41, 5.74) is 5.81. The fourth-order valence-electron chi connectivity index (χ4n) is 4.44. The van der Waals surface area contributed by atoms with Gasteiger partial charge in [-0.2, -0.15) is 0 Å². The van der Waals surface area contributed by atoms with Crippen LogP contribution in [0.1, 0.15) is 58.2 Å². The van der Waals surface area contributed by atoms with Crippen LogP contribution in [0.25, 0.3) is 5.65 Å². The topological polar surface area (TPSA) is 46.8 Å². The van der Waals surface area contributed by atoms with Crippen LogP contribution in [0.3, 0.4) is 0 Å². The molecule has 1 atom stereocenters. The van der Waals surface area contributed by atoms with Crippen molar-refractivity contribution in [3.05, 3.63) is 64.6 Å². The fourth-order valence-corrected chi connectivity index (χ4v) is 4.44. The van der Waals surface area contributed by atoms with Gasteiger partial charge in [0.2, 0.25) is 0 Å². The molecule has 28 heavy (non-hydrogen) atoms. The van der Waals surface area contributed by atoms with Crippen LogP contribution in [-0.4, -0.2) is 33.3 Å². The van der Waals surface area contributed by atoms with Gasteiger partial charge in [0.1, 0.15) is 6.10 Å². The molecule has 0 bridgehead atoms. The van der Waals surface area contributed by atoms with Crippen LogP contribution < -0.4 is 4.74 Å². The molecule has 0 unspecified atom stereocenters. The molecule has 144 valence electrons. The van der Waals surface area contributed by atoms with E-state index in [1.807, 2.05) is 47.5 Å². The molecule has 0 spiro atoms. The van der Waals surface area contributed by atoms with Crippen LogP contribution in [0.2, 0.25) is 0 Å². The van der Waals surface area contributed by atoms with Crippen molar-refractivity contribution in [3.63, 3.8) is 0 Å². The molecule has 1 aromatic carbocycles. The van der Waals surface area contributed by atoms with E-state index in [1.165, 1.54) is 5.56 Å². The van der Waals surface area contributed by atoms with E-state index < -0.39 is 0 Å². The average Bonchev–Trinajstić information content (AvgIpc) is 3.37. The summed E-state index contributed by atoms with van der Waals surface area (Å²) < 4.78 is 8.53. The molecule has 0 aliphatic carbocycles. The van der Waals surface area contributed by atoms with Crippen molar-refractivity contribution >= 4 is 11.6 Å². The number of aryl methyl sites for hydroxylation is 2. The summed E-state index contributed by atoms with van der Waals surface area (Å²) in [6, 6.07) is 10.3. The van der Waals surface area contributed by atoms with Gasteiger partial charge in [0.25, 0.3) is 5.91 Å². The summed E-state index contributed by atoms with van der Waals surface area (Å²) in [5.74, 6) is 0.907. The van der Waals surface area contributed by atoms with Crippen molar-refractivity contribution in [2.24, 2.45) is 0 Å². The molecule has 5 rings (SSSR count). The number of pyridine rings is 1. The Morgan fingerprint density at radius 2 is 1.89 bits per heavy atom. The third-order valence-corrected chi connectivity index (χ3v) is 6.16. The molecule has 5 nitrogen and oxygen atoms in total. The van der Waals surface area contributed by atoms with Crippen LogP contribution in [0, 0.1) is 13.8 Å². The maximum absolute atomic E-state index is 13.3. The molecular formula is C23H25N3O2. The Labute approximate surface area is 164 Å². The van der Waals surface area contributed by atoms with Crippen LogP contribution in [0.5, 0.6) is 5.75 Å². The minimum Gasteiger partial charge on any atom is -0.481 e. The fraction of sp³-hybridized carbons (Fsp3) is 0.391. The molecule has 0 radical (unpaired) electrons. The Balaban J connectivity index is 1.65. The lowest BCUT2D eigenvalue weighted by atomic mass is 9.94. The molecule has 0 N–H and O–H groups in total. The highest BCUT2D eigenvalue weighted by Gasteiger charge is 2.31. The Hall–Kier alpha value is -2.82. The Morgan fingerprint density at radius 1 is 1.14 bits per heavy atom. The van der Waals surface area contributed by atoms with E-state index in [9.17, 15) is 4.79 Å². The molecular weight excluding hydrogens is 350 g/mol. The van der Waals surface area contributed by atoms with Gasteiger partial charge in [-0.25, -0.2) is 4.98 Å². The molecule has 2 aliphatic rings. The van der Waals surface area contributed by atoms with E-state index in [1.54, 1.807) is 0 Å². The van der Waals surface area contributed by atoms with Gasteiger partial charge in [-0.15, -0.1) is 0 Å². The number of imidazole rings is 1. The van der Waals surface area contributed by atoms with Crippen LogP contribution >= 0.6 is 0 Å². The molecule has 2 aromatic heterocycles. The molecule has 0 saturated carbocycles. The lowest BCUT2D eigenvalue weighted by Crippen LogP contribution is -2.30. The highest BCUT2D eigenvalue weighted by Crippen LogP contribution is 2.40. The Morgan fingerprint density at radius 3 is 2.64 bits per heavy atom. The number of carbonyl (C=O) groups excluding carboxylic acids is 1. The Bertz CT molecular complexity index is 1050. The van der Waals surface area contributed by atoms with E-state index in [-0.39, 0.29) is 12.0 Å². The normalized spacial score (nSPS) is 18.9. The summed E-state index contributed by atoms with van der Waals surface area (Å²) in [6.07, 6.45) is 5.85. The van der Waals surface area contributed by atoms with Crippen molar-refractivity contribution in [2.45, 2.75) is 45.6 Å². The summed E-state index contributed by atoms with van der Waals surface area (Å²) in [5, 5.41) is 0. The SMILES string of the molecule is Cc1nc2c3c(c(C(=O)N4CCCC4)cn2c1C)CC[C@@H](c1ccccc1)O3. The van der Waals surface area contributed by atoms with E-state index in [2.05, 4.69) is 12.1 Å². The summed E-state index contributed by atoms with van der Waals surface area (Å²) in [7, 11) is 0. The third kappa shape index (κ3) is 2.68. The number of ether oxygens (including phenoxy) is 1. The zero-order chi connectivity index (χ0) is 19.3. The molecule has 4 heterocycles. The number of fused-ring (bicyclic) bond motifs is 3. The van der Waals surface area contributed by atoms with Crippen LogP contribution in [0.4, 0.5) is 0 Å². The largest absolute Gasteiger partial charge is 0.481 e. The number of benzene rings is 1. The van der Waals surface area contributed by atoms with E-state index in [0.717, 1.165) is 72.7 Å². The zero-order valence-electron chi connectivity index (χ0n) is 16.4. The maximum Gasteiger partial charge on any atom is 0.255 e. The zero-order valence-corrected chi connectivity index (χ0v) is 16.4. The van der Waals surface area contributed by atoms with Crippen LogP contribution in [-0.2, 0) is 6.42 Å². The quantitative estimate of drug-likeness (QED) is 0.673. The first-order valence-corrected chi connectivity index (χ1v) is 10.2. The monoisotopic (exact) mass is 375 g/mol. The Kier molecular flexibility index (Phi) is 4.11. The van der Waals surface area contributed by atoms with Crippen molar-refractivity contribution in [1.82, 2.24) is 14.3 Å². The lowest BCUT2D eigenvalue weighted by Gasteiger charge is -2.29. The maximum atomic E-state index is 13.3. The highest BCUT2D eigenvalue weighted by atomic mass is 16.5. The second-order valence-corrected chi connectivity index (χ2v) is 7.88. The van der Waals surface area contributed by atoms with Crippen LogP contribution in [0.15, 0.2) is 36.5 Å². The van der Waals surface area contributed by atoms with Crippen molar-refractivity contribution in [3.8, 4) is 5.75 Å². The molecule has 1 saturated heterocycles. The summed E-state index contributed by atoms with van der Waals surface area (Å²) >= 11 is 0. The first kappa shape index (κ1) is 17.3.